The van der Waals surface area contributed by atoms with Crippen molar-refractivity contribution in [1.29, 1.82) is 0 Å². The minimum atomic E-state index is 0.329. The lowest BCUT2D eigenvalue weighted by atomic mass is 10.2. The molecule has 0 N–H and O–H groups in total. The third kappa shape index (κ3) is 3.76. The second-order valence-electron chi connectivity index (χ2n) is 8.83. The van der Waals surface area contributed by atoms with Gasteiger partial charge in [-0.3, -0.25) is 0 Å². The summed E-state index contributed by atoms with van der Waals surface area (Å²) >= 11 is 3.02. The maximum absolute atomic E-state index is 6.25. The number of ether oxygens (including phenoxy) is 4. The number of rotatable bonds is 7. The van der Waals surface area contributed by atoms with E-state index in [2.05, 4.69) is 20.4 Å². The number of fused-ring (bicyclic) bond motifs is 4. The Labute approximate surface area is 214 Å². The fraction of sp³-hybridized carbons (Fsp3) is 0.375. The molecule has 2 atom stereocenters. The van der Waals surface area contributed by atoms with E-state index in [0.29, 0.717) is 46.9 Å². The van der Waals surface area contributed by atoms with E-state index in [-0.39, 0.29) is 0 Å². The number of hydrogen-bond acceptors (Lipinski definition) is 11. The molecule has 2 saturated heterocycles. The first-order valence-corrected chi connectivity index (χ1v) is 13.3. The summed E-state index contributed by atoms with van der Waals surface area (Å²) in [5, 5.41) is 8.90. The van der Waals surface area contributed by atoms with Crippen molar-refractivity contribution >= 4 is 43.7 Å². The lowest BCUT2D eigenvalue weighted by Crippen LogP contribution is -2.42. The fourth-order valence-electron chi connectivity index (χ4n) is 4.80. The number of anilines is 1. The van der Waals surface area contributed by atoms with E-state index in [9.17, 15) is 0 Å². The maximum atomic E-state index is 6.25. The summed E-state index contributed by atoms with van der Waals surface area (Å²) in [5.74, 6) is 1.94. The third-order valence-electron chi connectivity index (χ3n) is 6.53. The Balaban J connectivity index is 1.16. The summed E-state index contributed by atoms with van der Waals surface area (Å²) in [6.07, 6.45) is 4.68. The van der Waals surface area contributed by atoms with E-state index < -0.39 is 0 Å². The van der Waals surface area contributed by atoms with Gasteiger partial charge in [0.25, 0.3) is 5.19 Å². The van der Waals surface area contributed by atoms with Crippen LogP contribution in [0.5, 0.6) is 16.7 Å². The van der Waals surface area contributed by atoms with E-state index >= 15 is 0 Å². The van der Waals surface area contributed by atoms with Gasteiger partial charge in [0.1, 0.15) is 29.4 Å². The van der Waals surface area contributed by atoms with Crippen molar-refractivity contribution in [2.24, 2.45) is 0 Å². The van der Waals surface area contributed by atoms with Crippen LogP contribution < -0.4 is 19.1 Å². The maximum Gasteiger partial charge on any atom is 0.294 e. The van der Waals surface area contributed by atoms with Crippen LogP contribution in [0.25, 0.3) is 27.4 Å². The van der Waals surface area contributed by atoms with Crippen molar-refractivity contribution in [3.8, 4) is 28.1 Å². The van der Waals surface area contributed by atoms with Crippen molar-refractivity contribution in [2.45, 2.75) is 31.7 Å². The molecule has 2 bridgehead atoms. The zero-order chi connectivity index (χ0) is 24.2. The van der Waals surface area contributed by atoms with Crippen molar-refractivity contribution in [3.63, 3.8) is 0 Å². The molecule has 1 aromatic carbocycles. The summed E-state index contributed by atoms with van der Waals surface area (Å²) < 4.78 is 30.8. The largest absolute Gasteiger partial charge is 0.496 e. The van der Waals surface area contributed by atoms with Crippen LogP contribution in [-0.4, -0.2) is 59.1 Å². The molecule has 7 rings (SSSR count). The van der Waals surface area contributed by atoms with Crippen LogP contribution in [0.1, 0.15) is 18.5 Å². The van der Waals surface area contributed by atoms with Gasteiger partial charge in [-0.2, -0.15) is 4.52 Å². The molecule has 5 aromatic rings. The molecule has 12 heteroatoms. The van der Waals surface area contributed by atoms with Crippen LogP contribution in [0.4, 0.5) is 5.13 Å². The minimum absolute atomic E-state index is 0.329. The zero-order valence-corrected chi connectivity index (χ0v) is 21.3. The normalized spacial score (nSPS) is 19.4. The number of nitrogens with zero attached hydrogens (tertiary/aromatic N) is 5. The number of aromatic nitrogens is 4. The SMILES string of the molecule is COc1cc(OCc2csc(N3CC4CCC(C3)O4)n2)c2cc(-c3cnc4sc(OC)nn34)oc2c1. The molecule has 10 nitrogen and oxygen atoms in total. The van der Waals surface area contributed by atoms with E-state index in [4.69, 9.17) is 28.3 Å². The van der Waals surface area contributed by atoms with E-state index in [1.54, 1.807) is 36.3 Å². The lowest BCUT2D eigenvalue weighted by molar-refractivity contribution is 0.0304. The first kappa shape index (κ1) is 21.9. The summed E-state index contributed by atoms with van der Waals surface area (Å²) in [7, 11) is 3.21. The van der Waals surface area contributed by atoms with Gasteiger partial charge in [0.15, 0.2) is 10.9 Å². The summed E-state index contributed by atoms with van der Waals surface area (Å²) in [4.78, 5) is 12.3. The molecule has 2 fully saturated rings. The Kier molecular flexibility index (Phi) is 5.26. The molecular formula is C24H23N5O5S2. The molecule has 0 aliphatic carbocycles. The molecule has 2 aliphatic heterocycles. The zero-order valence-electron chi connectivity index (χ0n) is 19.7. The predicted octanol–water partition coefficient (Wildman–Crippen LogP) is 4.62. The highest BCUT2D eigenvalue weighted by atomic mass is 32.1. The Bertz CT molecular complexity index is 1540. The number of morpholine rings is 1. The first-order chi connectivity index (χ1) is 17.7. The Morgan fingerprint density at radius 1 is 1.11 bits per heavy atom. The van der Waals surface area contributed by atoms with Gasteiger partial charge in [0, 0.05) is 30.6 Å². The molecular weight excluding hydrogens is 502 g/mol. The second-order valence-corrected chi connectivity index (χ2v) is 10.6. The second kappa shape index (κ2) is 8.64. The molecule has 0 spiro atoms. The third-order valence-corrected chi connectivity index (χ3v) is 8.37. The van der Waals surface area contributed by atoms with Crippen molar-refractivity contribution in [2.75, 3.05) is 32.2 Å². The molecule has 0 saturated carbocycles. The number of furan rings is 1. The minimum Gasteiger partial charge on any atom is -0.496 e. The number of methoxy groups -OCH3 is 2. The van der Waals surface area contributed by atoms with Crippen LogP contribution in [0.2, 0.25) is 0 Å². The molecule has 4 aromatic heterocycles. The van der Waals surface area contributed by atoms with E-state index in [1.807, 2.05) is 18.2 Å². The number of thiazole rings is 1. The Hall–Kier alpha value is -3.35. The van der Waals surface area contributed by atoms with Gasteiger partial charge in [0.2, 0.25) is 4.96 Å². The smallest absolute Gasteiger partial charge is 0.294 e. The standard InChI is InChI=1S/C24H23N5O5S2/c1-30-16-5-19(32-11-13-12-35-23(26-13)28-9-14-3-4-15(10-28)33-14)17-7-21(34-20(17)6-16)18-8-25-22-29(18)27-24(31-2)36-22/h5-8,12,14-15H,3-4,9-11H2,1-2H3. The van der Waals surface area contributed by atoms with Gasteiger partial charge in [-0.05, 0) is 30.2 Å². The van der Waals surface area contributed by atoms with Gasteiger partial charge >= 0.3 is 0 Å². The van der Waals surface area contributed by atoms with Crippen LogP contribution in [0.15, 0.2) is 34.2 Å². The van der Waals surface area contributed by atoms with Crippen LogP contribution in [-0.2, 0) is 11.3 Å². The molecule has 36 heavy (non-hydrogen) atoms. The molecule has 6 heterocycles. The van der Waals surface area contributed by atoms with Gasteiger partial charge in [-0.25, -0.2) is 9.97 Å². The number of imidazole rings is 1. The van der Waals surface area contributed by atoms with Gasteiger partial charge in [-0.15, -0.1) is 16.4 Å². The fourth-order valence-corrected chi connectivity index (χ4v) is 6.33. The Morgan fingerprint density at radius 3 is 2.78 bits per heavy atom. The molecule has 2 aliphatic rings. The molecule has 186 valence electrons. The summed E-state index contributed by atoms with van der Waals surface area (Å²) in [6, 6.07) is 5.65. The van der Waals surface area contributed by atoms with Crippen LogP contribution >= 0.6 is 22.7 Å². The van der Waals surface area contributed by atoms with Crippen molar-refractivity contribution in [3.05, 3.63) is 35.5 Å². The first-order valence-electron chi connectivity index (χ1n) is 11.6. The lowest BCUT2D eigenvalue weighted by Gasteiger charge is -2.31. The highest BCUT2D eigenvalue weighted by molar-refractivity contribution is 7.18. The predicted molar refractivity (Wildman–Crippen MR) is 136 cm³/mol. The highest BCUT2D eigenvalue weighted by Gasteiger charge is 2.34. The monoisotopic (exact) mass is 525 g/mol. The Morgan fingerprint density at radius 2 is 1.97 bits per heavy atom. The van der Waals surface area contributed by atoms with Gasteiger partial charge in [-0.1, -0.05) is 0 Å². The molecule has 0 radical (unpaired) electrons. The topological polar surface area (TPSA) is 96.4 Å². The quantitative estimate of drug-likeness (QED) is 0.301. The van der Waals surface area contributed by atoms with Crippen LogP contribution in [0, 0.1) is 0 Å². The number of benzene rings is 1. The molecule has 2 unspecified atom stereocenters. The van der Waals surface area contributed by atoms with Gasteiger partial charge < -0.3 is 28.3 Å². The van der Waals surface area contributed by atoms with Gasteiger partial charge in [0.05, 0.1) is 43.7 Å². The van der Waals surface area contributed by atoms with Crippen LogP contribution in [0.3, 0.4) is 0 Å². The summed E-state index contributed by atoms with van der Waals surface area (Å²) in [5.41, 5.74) is 2.27. The van der Waals surface area contributed by atoms with Crippen molar-refractivity contribution in [1.82, 2.24) is 19.6 Å². The molecule has 0 amide bonds. The summed E-state index contributed by atoms with van der Waals surface area (Å²) in [6.45, 7) is 2.16. The average molecular weight is 526 g/mol. The number of hydrogen-bond donors (Lipinski definition) is 0. The van der Waals surface area contributed by atoms with E-state index in [0.717, 1.165) is 52.8 Å². The van der Waals surface area contributed by atoms with Crippen molar-refractivity contribution < 1.29 is 23.4 Å². The average Bonchev–Trinajstić information content (AvgIpc) is 3.70. The highest BCUT2D eigenvalue weighted by Crippen LogP contribution is 2.38. The van der Waals surface area contributed by atoms with E-state index in [1.165, 1.54) is 11.3 Å².